The Balaban J connectivity index is 0. The molecule has 0 spiro atoms. The van der Waals surface area contributed by atoms with Crippen molar-refractivity contribution >= 4 is 41.5 Å². The number of hydrogen-bond donors (Lipinski definition) is 1. The Morgan fingerprint density at radius 2 is 2.00 bits per heavy atom. The molecule has 0 aromatic heterocycles. The average Bonchev–Trinajstić information content (AvgIpc) is 2.01. The Morgan fingerprint density at radius 1 is 1.38 bits per heavy atom. The van der Waals surface area contributed by atoms with Crippen molar-refractivity contribution < 1.29 is 19.4 Å². The molecule has 0 aliphatic heterocycles. The molecule has 0 heterocycles. The van der Waals surface area contributed by atoms with Gasteiger partial charge in [0.15, 0.2) is 0 Å². The summed E-state index contributed by atoms with van der Waals surface area (Å²) < 4.78 is 4.64. The van der Waals surface area contributed by atoms with Crippen molar-refractivity contribution in [3.8, 4) is 0 Å². The molecule has 0 aliphatic carbocycles. The third-order valence-corrected chi connectivity index (χ3v) is 1.10. The average molecular weight is 196 g/mol. The second-order valence-corrected chi connectivity index (χ2v) is 2.19. The van der Waals surface area contributed by atoms with Gasteiger partial charge in [-0.25, -0.2) is 9.59 Å². The van der Waals surface area contributed by atoms with Crippen molar-refractivity contribution in [3.05, 3.63) is 12.2 Å². The summed E-state index contributed by atoms with van der Waals surface area (Å²) >= 11 is 0. The summed E-state index contributed by atoms with van der Waals surface area (Å²) in [5, 5.41) is 8.14. The first kappa shape index (κ1) is 15.2. The van der Waals surface area contributed by atoms with Gasteiger partial charge < -0.3 is 9.84 Å². The van der Waals surface area contributed by atoms with Gasteiger partial charge in [0, 0.05) is 12.2 Å². The van der Waals surface area contributed by atoms with Crippen LogP contribution in [0.3, 0.4) is 0 Å². The number of hydrogen-bond acceptors (Lipinski definition) is 3. The van der Waals surface area contributed by atoms with E-state index in [1.165, 1.54) is 0 Å². The van der Waals surface area contributed by atoms with Crippen molar-refractivity contribution in [2.45, 2.75) is 19.8 Å². The van der Waals surface area contributed by atoms with E-state index in [1.807, 2.05) is 6.92 Å². The molecule has 0 unspecified atom stereocenters. The Hall–Kier alpha value is -0.320. The molecule has 0 radical (unpaired) electrons. The predicted molar refractivity (Wildman–Crippen MR) is 49.8 cm³/mol. The van der Waals surface area contributed by atoms with Gasteiger partial charge in [-0.1, -0.05) is 13.3 Å². The van der Waals surface area contributed by atoms with Crippen LogP contribution in [0, 0.1) is 0 Å². The number of carboxylic acid groups (broad SMARTS) is 1. The van der Waals surface area contributed by atoms with E-state index in [1.54, 1.807) is 0 Å². The zero-order valence-corrected chi connectivity index (χ0v) is 6.95. The quantitative estimate of drug-likeness (QED) is 0.298. The zero-order valence-electron chi connectivity index (χ0n) is 6.95. The van der Waals surface area contributed by atoms with Crippen LogP contribution in [-0.4, -0.2) is 53.2 Å². The number of aliphatic carboxylic acids is 1. The van der Waals surface area contributed by atoms with Gasteiger partial charge in [0.05, 0.1) is 6.61 Å². The van der Waals surface area contributed by atoms with Crippen molar-refractivity contribution in [1.29, 1.82) is 0 Å². The summed E-state index contributed by atoms with van der Waals surface area (Å²) in [5.41, 5.74) is 0. The maximum atomic E-state index is 10.6. The van der Waals surface area contributed by atoms with E-state index in [9.17, 15) is 9.59 Å². The number of carboxylic acids is 1. The molecule has 0 saturated heterocycles. The number of esters is 1. The second kappa shape index (κ2) is 9.77. The van der Waals surface area contributed by atoms with Crippen LogP contribution in [0.5, 0.6) is 0 Å². The maximum absolute atomic E-state index is 10.6. The van der Waals surface area contributed by atoms with Crippen LogP contribution in [0.4, 0.5) is 0 Å². The van der Waals surface area contributed by atoms with Gasteiger partial charge in [0.2, 0.25) is 0 Å². The van der Waals surface area contributed by atoms with E-state index in [0.717, 1.165) is 25.0 Å². The summed E-state index contributed by atoms with van der Waals surface area (Å²) in [6.45, 7) is 2.32. The normalized spacial score (nSPS) is 9.31. The van der Waals surface area contributed by atoms with E-state index >= 15 is 0 Å². The second-order valence-electron chi connectivity index (χ2n) is 2.19. The Kier molecular flexibility index (Phi) is 11.4. The fourth-order valence-corrected chi connectivity index (χ4v) is 0.505. The molecule has 0 aliphatic rings. The Labute approximate surface area is 99.2 Å². The summed E-state index contributed by atoms with van der Waals surface area (Å²) in [4.78, 5) is 20.6. The first-order valence-electron chi connectivity index (χ1n) is 3.74. The number of carbonyl (C=O) groups excluding carboxylic acids is 1. The topological polar surface area (TPSA) is 63.6 Å². The molecule has 70 valence electrons. The minimum absolute atomic E-state index is 0. The molecular weight excluding hydrogens is 183 g/mol. The third kappa shape index (κ3) is 11.7. The molecule has 5 heteroatoms. The number of carbonyl (C=O) groups is 2. The first-order chi connectivity index (χ1) is 5.66. The number of unbranched alkanes of at least 4 members (excludes halogenated alkanes) is 1. The van der Waals surface area contributed by atoms with Gasteiger partial charge in [-0.2, -0.15) is 0 Å². The monoisotopic (exact) mass is 196 g/mol. The van der Waals surface area contributed by atoms with Gasteiger partial charge in [0.1, 0.15) is 0 Å². The molecule has 0 aromatic carbocycles. The molecule has 0 saturated carbocycles. The van der Waals surface area contributed by atoms with Crippen LogP contribution in [0.15, 0.2) is 12.2 Å². The third-order valence-electron chi connectivity index (χ3n) is 1.10. The summed E-state index contributed by atoms with van der Waals surface area (Å²) in [7, 11) is 0. The molecule has 0 bridgehead atoms. The van der Waals surface area contributed by atoms with E-state index in [0.29, 0.717) is 6.61 Å². The first-order valence-corrected chi connectivity index (χ1v) is 3.74. The van der Waals surface area contributed by atoms with Gasteiger partial charge in [-0.15, -0.1) is 0 Å². The molecule has 0 atom stereocenters. The van der Waals surface area contributed by atoms with Crippen LogP contribution < -0.4 is 0 Å². The summed E-state index contributed by atoms with van der Waals surface area (Å²) in [6, 6.07) is 0. The molecular formula is C8H13NaO4. The van der Waals surface area contributed by atoms with Gasteiger partial charge in [-0.05, 0) is 6.42 Å². The summed E-state index contributed by atoms with van der Waals surface area (Å²) in [6.07, 6.45) is 3.40. The van der Waals surface area contributed by atoms with Crippen molar-refractivity contribution in [2.24, 2.45) is 0 Å². The fraction of sp³-hybridized carbons (Fsp3) is 0.500. The molecule has 4 nitrogen and oxygen atoms in total. The van der Waals surface area contributed by atoms with Crippen molar-refractivity contribution in [2.75, 3.05) is 6.61 Å². The van der Waals surface area contributed by atoms with Crippen LogP contribution in [-0.2, 0) is 14.3 Å². The van der Waals surface area contributed by atoms with Crippen LogP contribution in [0.2, 0.25) is 0 Å². The summed E-state index contributed by atoms with van der Waals surface area (Å²) in [5.74, 6) is -1.76. The molecule has 0 aromatic rings. The van der Waals surface area contributed by atoms with Gasteiger partial charge in [0.25, 0.3) is 0 Å². The zero-order chi connectivity index (χ0) is 9.40. The molecule has 0 fully saturated rings. The Morgan fingerprint density at radius 3 is 2.46 bits per heavy atom. The molecule has 0 rings (SSSR count). The van der Waals surface area contributed by atoms with E-state index in [-0.39, 0.29) is 29.6 Å². The van der Waals surface area contributed by atoms with Crippen molar-refractivity contribution in [1.82, 2.24) is 0 Å². The van der Waals surface area contributed by atoms with Gasteiger partial charge >= 0.3 is 41.5 Å². The standard InChI is InChI=1S/C8H12O4.Na.H/c1-2-3-6-12-8(11)5-4-7(9)10;;/h4-5H,2-3,6H2,1H3,(H,9,10);;/b5-4-;;. The van der Waals surface area contributed by atoms with Gasteiger partial charge in [-0.3, -0.25) is 0 Å². The van der Waals surface area contributed by atoms with E-state index < -0.39 is 11.9 Å². The Bertz CT molecular complexity index is 189. The fourth-order valence-electron chi connectivity index (χ4n) is 0.505. The number of rotatable bonds is 5. The predicted octanol–water partition coefficient (Wildman–Crippen LogP) is 0.322. The van der Waals surface area contributed by atoms with E-state index in [4.69, 9.17) is 5.11 Å². The molecule has 0 amide bonds. The molecule has 13 heavy (non-hydrogen) atoms. The number of ether oxygens (including phenoxy) is 1. The van der Waals surface area contributed by atoms with Crippen LogP contribution >= 0.6 is 0 Å². The SMILES string of the molecule is CCCCOC(=O)/C=C\C(=O)O.[NaH]. The van der Waals surface area contributed by atoms with Crippen LogP contribution in [0.25, 0.3) is 0 Å². The van der Waals surface area contributed by atoms with Crippen molar-refractivity contribution in [3.63, 3.8) is 0 Å². The van der Waals surface area contributed by atoms with E-state index in [2.05, 4.69) is 4.74 Å². The minimum atomic E-state index is -1.15. The van der Waals surface area contributed by atoms with Crippen LogP contribution in [0.1, 0.15) is 19.8 Å². The molecule has 1 N–H and O–H groups in total.